The predicted molar refractivity (Wildman–Crippen MR) is 142 cm³/mol. The molecule has 218 valence electrons. The number of aromatic nitrogens is 4. The number of halogens is 1. The molecule has 6 atom stereocenters. The molecule has 6 N–H and O–H groups in total. The number of esters is 1. The Morgan fingerprint density at radius 2 is 2.02 bits per heavy atom. The van der Waals surface area contributed by atoms with Crippen LogP contribution in [-0.4, -0.2) is 69.7 Å². The van der Waals surface area contributed by atoms with Crippen molar-refractivity contribution in [1.29, 1.82) is 0 Å². The highest BCUT2D eigenvalue weighted by atomic mass is 31.2. The first kappa shape index (κ1) is 29.6. The molecule has 2 aromatic heterocycles. The number of para-hydroxylation sites is 1. The molecule has 0 aliphatic carbocycles. The van der Waals surface area contributed by atoms with E-state index in [-0.39, 0.29) is 17.3 Å². The van der Waals surface area contributed by atoms with Crippen molar-refractivity contribution in [3.63, 3.8) is 0 Å². The summed E-state index contributed by atoms with van der Waals surface area (Å²) in [4.78, 5) is 23.6. The Balaban J connectivity index is 1.56. The fourth-order valence-electron chi connectivity index (χ4n) is 4.20. The molecule has 0 spiro atoms. The Hall–Kier alpha value is -3.36. The van der Waals surface area contributed by atoms with Crippen molar-refractivity contribution >= 4 is 36.6 Å². The number of nitrogens with two attached hydrogens (primary N) is 1. The van der Waals surface area contributed by atoms with Crippen LogP contribution in [0, 0.1) is 0 Å². The van der Waals surface area contributed by atoms with Gasteiger partial charge in [0, 0.05) is 7.05 Å². The van der Waals surface area contributed by atoms with Gasteiger partial charge in [-0.15, -0.1) is 0 Å². The smallest absolute Gasteiger partial charge is 0.459 e. The van der Waals surface area contributed by atoms with Crippen molar-refractivity contribution in [2.24, 2.45) is 0 Å². The summed E-state index contributed by atoms with van der Waals surface area (Å²) in [6.45, 7) is 5.40. The fraction of sp³-hybridized carbons (Fsp3) is 0.500. The van der Waals surface area contributed by atoms with Gasteiger partial charge in [0.25, 0.3) is 5.95 Å². The number of alkyl halides is 1. The van der Waals surface area contributed by atoms with E-state index in [2.05, 4.69) is 25.4 Å². The van der Waals surface area contributed by atoms with Gasteiger partial charge in [0.05, 0.1) is 12.7 Å². The van der Waals surface area contributed by atoms with Gasteiger partial charge in [0.1, 0.15) is 24.0 Å². The number of ether oxygens (including phenoxy) is 2. The summed E-state index contributed by atoms with van der Waals surface area (Å²) in [7, 11) is -2.63. The van der Waals surface area contributed by atoms with Gasteiger partial charge < -0.3 is 30.2 Å². The topological polar surface area (TPSA) is 187 Å². The zero-order chi connectivity index (χ0) is 29.2. The second kappa shape index (κ2) is 11.6. The third kappa shape index (κ3) is 6.18. The fourth-order valence-corrected chi connectivity index (χ4v) is 5.70. The summed E-state index contributed by atoms with van der Waals surface area (Å²) in [5, 5.41) is 16.3. The minimum absolute atomic E-state index is 0.0561. The third-order valence-corrected chi connectivity index (χ3v) is 7.78. The van der Waals surface area contributed by atoms with E-state index in [0.29, 0.717) is 11.3 Å². The zero-order valence-electron chi connectivity index (χ0n) is 22.7. The first-order valence-corrected chi connectivity index (χ1v) is 14.1. The predicted octanol–water partition coefficient (Wildman–Crippen LogP) is 1.99. The molecule has 1 aliphatic heterocycles. The average Bonchev–Trinajstić information content (AvgIpc) is 3.40. The molecule has 14 nitrogen and oxygen atoms in total. The number of aliphatic hydroxyl groups is 1. The number of rotatable bonds is 11. The van der Waals surface area contributed by atoms with E-state index in [1.54, 1.807) is 51.2 Å². The van der Waals surface area contributed by atoms with Crippen LogP contribution in [0.4, 0.5) is 16.2 Å². The molecule has 0 radical (unpaired) electrons. The summed E-state index contributed by atoms with van der Waals surface area (Å²) in [6, 6.07) is 7.07. The lowest BCUT2D eigenvalue weighted by molar-refractivity contribution is -0.749. The van der Waals surface area contributed by atoms with Crippen molar-refractivity contribution in [2.75, 3.05) is 24.7 Å². The molecule has 16 heteroatoms. The summed E-state index contributed by atoms with van der Waals surface area (Å²) < 4.78 is 53.3. The molecule has 1 fully saturated rings. The molecule has 1 aromatic carbocycles. The van der Waals surface area contributed by atoms with Gasteiger partial charge in [0.15, 0.2) is 17.8 Å². The Morgan fingerprint density at radius 3 is 2.67 bits per heavy atom. The number of hydrogen-bond acceptors (Lipinski definition) is 11. The van der Waals surface area contributed by atoms with E-state index in [0.717, 1.165) is 0 Å². The quantitative estimate of drug-likeness (QED) is 0.126. The van der Waals surface area contributed by atoms with Crippen molar-refractivity contribution in [1.82, 2.24) is 20.0 Å². The van der Waals surface area contributed by atoms with Gasteiger partial charge in [-0.2, -0.15) is 10.1 Å². The van der Waals surface area contributed by atoms with Gasteiger partial charge in [-0.05, 0) is 39.8 Å². The maximum Gasteiger partial charge on any atom is 0.459 e. The van der Waals surface area contributed by atoms with E-state index < -0.39 is 56.6 Å². The minimum Gasteiger partial charge on any atom is -0.462 e. The lowest BCUT2D eigenvalue weighted by Crippen LogP contribution is -2.50. The maximum atomic E-state index is 16.0. The number of aromatic amines is 1. The van der Waals surface area contributed by atoms with Gasteiger partial charge in [-0.1, -0.05) is 23.2 Å². The number of imidazole rings is 1. The van der Waals surface area contributed by atoms with Crippen LogP contribution >= 0.6 is 7.75 Å². The number of aliphatic hydroxyl groups excluding tert-OH is 1. The summed E-state index contributed by atoms with van der Waals surface area (Å²) in [5.41, 5.74) is 4.16. The molecule has 40 heavy (non-hydrogen) atoms. The van der Waals surface area contributed by atoms with E-state index in [9.17, 15) is 14.5 Å². The molecular weight excluding hydrogens is 548 g/mol. The van der Waals surface area contributed by atoms with Crippen LogP contribution in [0.15, 0.2) is 36.7 Å². The number of fused-ring (bicyclic) bond motifs is 1. The SMILES string of the molecule is CNc1nc(N)nc2c1[nH]c[n+]2C1OC(COP(=O)(NC(C)C(=O)OC(C)C)Oc2ccccc2)C(O)C1(C)F. The number of carbonyl (C=O) groups is 1. The van der Waals surface area contributed by atoms with Crippen LogP contribution < -0.4 is 25.2 Å². The van der Waals surface area contributed by atoms with E-state index >= 15 is 4.39 Å². The van der Waals surface area contributed by atoms with Crippen molar-refractivity contribution in [3.05, 3.63) is 36.7 Å². The molecular formula is C24H34FN7O7P+. The molecule has 1 aliphatic rings. The van der Waals surface area contributed by atoms with E-state index in [4.69, 9.17) is 24.3 Å². The Bertz CT molecular complexity index is 1390. The standard InChI is InChI=1S/C24H33FN7O7P/c1-13(2)37-21(34)14(3)31-40(35,39-15-9-7-6-8-10-15)36-11-16-18(33)24(4,25)22(38-16)32-12-28-17-19(27-5)29-23(26)30-20(17)32/h6-10,12-14,16,18,22,33H,11H2,1-5H3,(H4,26,27,29,30,31,35)/p+1. The lowest BCUT2D eigenvalue weighted by atomic mass is 9.98. The number of H-pyrrole nitrogens is 1. The summed E-state index contributed by atoms with van der Waals surface area (Å²) in [6.07, 6.45) is -3.34. The van der Waals surface area contributed by atoms with Crippen molar-refractivity contribution in [2.45, 2.75) is 63.9 Å². The summed E-state index contributed by atoms with van der Waals surface area (Å²) >= 11 is 0. The number of benzene rings is 1. The van der Waals surface area contributed by atoms with E-state index in [1.165, 1.54) is 24.7 Å². The number of carbonyl (C=O) groups excluding carboxylic acids is 1. The van der Waals surface area contributed by atoms with Crippen molar-refractivity contribution in [3.8, 4) is 5.75 Å². The van der Waals surface area contributed by atoms with Crippen molar-refractivity contribution < 1.29 is 41.9 Å². The van der Waals surface area contributed by atoms with Crippen LogP contribution in [0.2, 0.25) is 0 Å². The first-order chi connectivity index (χ1) is 18.8. The van der Waals surface area contributed by atoms with Gasteiger partial charge in [0.2, 0.25) is 11.7 Å². The van der Waals surface area contributed by atoms with Crippen LogP contribution in [0.1, 0.15) is 33.9 Å². The van der Waals surface area contributed by atoms with Crippen LogP contribution in [0.25, 0.3) is 11.2 Å². The number of nitrogens with one attached hydrogen (secondary N) is 3. The number of anilines is 2. The second-order valence-electron chi connectivity index (χ2n) is 9.72. The molecule has 0 bridgehead atoms. The zero-order valence-corrected chi connectivity index (χ0v) is 23.6. The molecule has 1 saturated heterocycles. The van der Waals surface area contributed by atoms with Gasteiger partial charge in [-0.3, -0.25) is 14.3 Å². The monoisotopic (exact) mass is 582 g/mol. The van der Waals surface area contributed by atoms with Gasteiger partial charge in [-0.25, -0.2) is 13.5 Å². The average molecular weight is 583 g/mol. The Morgan fingerprint density at radius 1 is 1.32 bits per heavy atom. The lowest BCUT2D eigenvalue weighted by Gasteiger charge is -2.25. The largest absolute Gasteiger partial charge is 0.462 e. The highest BCUT2D eigenvalue weighted by Crippen LogP contribution is 2.47. The molecule has 0 saturated carbocycles. The highest BCUT2D eigenvalue weighted by molar-refractivity contribution is 7.52. The maximum absolute atomic E-state index is 16.0. The van der Waals surface area contributed by atoms with Gasteiger partial charge >= 0.3 is 19.4 Å². The molecule has 3 heterocycles. The highest BCUT2D eigenvalue weighted by Gasteiger charge is 2.58. The molecule has 6 unspecified atom stereocenters. The number of hydrogen-bond donors (Lipinski definition) is 5. The Labute approximate surface area is 230 Å². The minimum atomic E-state index is -4.27. The molecule has 0 amide bonds. The molecule has 3 aromatic rings. The van der Waals surface area contributed by atoms with Crippen LogP contribution in [0.5, 0.6) is 5.75 Å². The normalized spacial score (nSPS) is 25.1. The van der Waals surface area contributed by atoms with Crippen LogP contribution in [0.3, 0.4) is 0 Å². The van der Waals surface area contributed by atoms with E-state index in [1.807, 2.05) is 0 Å². The summed E-state index contributed by atoms with van der Waals surface area (Å²) in [5.74, 6) is -0.160. The second-order valence-corrected chi connectivity index (χ2v) is 11.4. The number of nitrogen functional groups attached to an aromatic ring is 1. The number of nitrogens with zero attached hydrogens (tertiary/aromatic N) is 3. The van der Waals surface area contributed by atoms with Crippen LogP contribution in [-0.2, 0) is 23.4 Å². The Kier molecular flexibility index (Phi) is 8.61. The molecule has 4 rings (SSSR count). The third-order valence-electron chi connectivity index (χ3n) is 6.14. The first-order valence-electron chi connectivity index (χ1n) is 12.6.